The van der Waals surface area contributed by atoms with E-state index in [0.717, 1.165) is 32.1 Å². The van der Waals surface area contributed by atoms with E-state index in [-0.39, 0.29) is 18.2 Å². The van der Waals surface area contributed by atoms with Gasteiger partial charge in [-0.15, -0.1) is 0 Å². The molecule has 0 atom stereocenters. The predicted molar refractivity (Wildman–Crippen MR) is 84.4 cm³/mol. The number of hydrogen-bond acceptors (Lipinski definition) is 2. The molecule has 0 aromatic heterocycles. The van der Waals surface area contributed by atoms with Crippen molar-refractivity contribution < 1.29 is 9.90 Å². The summed E-state index contributed by atoms with van der Waals surface area (Å²) in [6, 6.07) is 6.58. The summed E-state index contributed by atoms with van der Waals surface area (Å²) in [5.74, 6) is 0. The van der Waals surface area contributed by atoms with Crippen molar-refractivity contribution in [3.8, 4) is 0 Å². The number of aliphatic hydroxyl groups is 1. The summed E-state index contributed by atoms with van der Waals surface area (Å²) in [5.41, 5.74) is 3.78. The highest BCUT2D eigenvalue weighted by atomic mass is 16.3. The zero-order valence-corrected chi connectivity index (χ0v) is 13.0. The average molecular weight is 290 g/mol. The van der Waals surface area contributed by atoms with E-state index < -0.39 is 0 Å². The van der Waals surface area contributed by atoms with E-state index in [9.17, 15) is 9.90 Å². The number of hydrogen-bond donors (Lipinski definition) is 3. The molecule has 0 heterocycles. The van der Waals surface area contributed by atoms with Crippen LogP contribution in [0.1, 0.15) is 42.4 Å². The van der Waals surface area contributed by atoms with E-state index in [2.05, 4.69) is 42.7 Å². The summed E-state index contributed by atoms with van der Waals surface area (Å²) in [6.07, 6.45) is 3.97. The minimum absolute atomic E-state index is 0.0965. The van der Waals surface area contributed by atoms with Gasteiger partial charge < -0.3 is 15.7 Å². The second-order valence-corrected chi connectivity index (χ2v) is 6.15. The van der Waals surface area contributed by atoms with Crippen molar-refractivity contribution in [1.82, 2.24) is 10.6 Å². The number of carbonyl (C=O) groups is 1. The lowest BCUT2D eigenvalue weighted by Crippen LogP contribution is -2.44. The second kappa shape index (κ2) is 7.46. The van der Waals surface area contributed by atoms with Crippen LogP contribution in [-0.4, -0.2) is 29.8 Å². The van der Waals surface area contributed by atoms with Crippen LogP contribution in [0.2, 0.25) is 0 Å². The fourth-order valence-corrected chi connectivity index (χ4v) is 2.99. The van der Waals surface area contributed by atoms with E-state index in [1.807, 2.05) is 0 Å². The van der Waals surface area contributed by atoms with Crippen molar-refractivity contribution in [3.63, 3.8) is 0 Å². The second-order valence-electron chi connectivity index (χ2n) is 6.15. The highest BCUT2D eigenvalue weighted by molar-refractivity contribution is 5.74. The SMILES string of the molecule is Cc1cc(C)cc(CCNC(=O)NC2CCC(O)CC2)c1. The van der Waals surface area contributed by atoms with E-state index in [0.29, 0.717) is 6.54 Å². The molecule has 1 fully saturated rings. The standard InChI is InChI=1S/C17H26N2O2/c1-12-9-13(2)11-14(10-12)7-8-18-17(21)19-15-3-5-16(20)6-4-15/h9-11,15-16,20H,3-8H2,1-2H3,(H2,18,19,21). The molecule has 0 unspecified atom stereocenters. The van der Waals surface area contributed by atoms with Gasteiger partial charge in [0.05, 0.1) is 6.10 Å². The van der Waals surface area contributed by atoms with Gasteiger partial charge in [0.15, 0.2) is 0 Å². The third-order valence-electron chi connectivity index (χ3n) is 4.01. The minimum Gasteiger partial charge on any atom is -0.393 e. The number of aliphatic hydroxyl groups excluding tert-OH is 1. The number of nitrogens with one attached hydrogen (secondary N) is 2. The Morgan fingerprint density at radius 3 is 2.38 bits per heavy atom. The zero-order valence-electron chi connectivity index (χ0n) is 13.0. The van der Waals surface area contributed by atoms with Crippen molar-refractivity contribution in [2.24, 2.45) is 0 Å². The molecule has 1 aliphatic rings. The molecule has 0 saturated heterocycles. The molecule has 116 valence electrons. The van der Waals surface area contributed by atoms with Crippen LogP contribution >= 0.6 is 0 Å². The monoisotopic (exact) mass is 290 g/mol. The van der Waals surface area contributed by atoms with Gasteiger partial charge in [0.25, 0.3) is 0 Å². The van der Waals surface area contributed by atoms with E-state index in [1.165, 1.54) is 16.7 Å². The van der Waals surface area contributed by atoms with Crippen LogP contribution < -0.4 is 10.6 Å². The molecular formula is C17H26N2O2. The van der Waals surface area contributed by atoms with Crippen LogP contribution in [0.25, 0.3) is 0 Å². The lowest BCUT2D eigenvalue weighted by molar-refractivity contribution is 0.117. The van der Waals surface area contributed by atoms with Gasteiger partial charge in [0.1, 0.15) is 0 Å². The molecular weight excluding hydrogens is 264 g/mol. The van der Waals surface area contributed by atoms with Crippen LogP contribution in [0.4, 0.5) is 4.79 Å². The average Bonchev–Trinajstić information content (AvgIpc) is 2.40. The molecule has 1 aliphatic carbocycles. The number of benzene rings is 1. The van der Waals surface area contributed by atoms with Crippen molar-refractivity contribution >= 4 is 6.03 Å². The van der Waals surface area contributed by atoms with E-state index in [4.69, 9.17) is 0 Å². The molecule has 4 nitrogen and oxygen atoms in total. The van der Waals surface area contributed by atoms with E-state index >= 15 is 0 Å². The Bertz CT molecular complexity index is 459. The molecule has 1 aromatic carbocycles. The molecule has 4 heteroatoms. The zero-order chi connectivity index (χ0) is 15.2. The van der Waals surface area contributed by atoms with Crippen LogP contribution in [-0.2, 0) is 6.42 Å². The Morgan fingerprint density at radius 1 is 1.14 bits per heavy atom. The van der Waals surface area contributed by atoms with Crippen LogP contribution in [0, 0.1) is 13.8 Å². The molecule has 0 bridgehead atoms. The summed E-state index contributed by atoms with van der Waals surface area (Å²) in [7, 11) is 0. The summed E-state index contributed by atoms with van der Waals surface area (Å²) in [6.45, 7) is 4.83. The fraction of sp³-hybridized carbons (Fsp3) is 0.588. The van der Waals surface area contributed by atoms with Crippen LogP contribution in [0.5, 0.6) is 0 Å². The Labute approximate surface area is 126 Å². The molecule has 2 amide bonds. The first-order chi connectivity index (χ1) is 10.0. The van der Waals surface area contributed by atoms with Gasteiger partial charge >= 0.3 is 6.03 Å². The number of rotatable bonds is 4. The summed E-state index contributed by atoms with van der Waals surface area (Å²) < 4.78 is 0. The Kier molecular flexibility index (Phi) is 5.62. The van der Waals surface area contributed by atoms with Gasteiger partial charge in [-0.1, -0.05) is 29.3 Å². The number of aryl methyl sites for hydroxylation is 2. The van der Waals surface area contributed by atoms with E-state index in [1.54, 1.807) is 0 Å². The topological polar surface area (TPSA) is 61.4 Å². The number of carbonyl (C=O) groups excluding carboxylic acids is 1. The van der Waals surface area contributed by atoms with Gasteiger partial charge in [-0.25, -0.2) is 4.79 Å². The molecule has 2 rings (SSSR count). The Morgan fingerprint density at radius 2 is 1.76 bits per heavy atom. The van der Waals surface area contributed by atoms with Crippen molar-refractivity contribution in [1.29, 1.82) is 0 Å². The predicted octanol–water partition coefficient (Wildman–Crippen LogP) is 2.45. The third kappa shape index (κ3) is 5.38. The Hall–Kier alpha value is -1.55. The molecule has 3 N–H and O–H groups in total. The molecule has 0 radical (unpaired) electrons. The van der Waals surface area contributed by atoms with Gasteiger partial charge in [-0.2, -0.15) is 0 Å². The fourth-order valence-electron chi connectivity index (χ4n) is 2.99. The lowest BCUT2D eigenvalue weighted by Gasteiger charge is -2.26. The first-order valence-electron chi connectivity index (χ1n) is 7.82. The lowest BCUT2D eigenvalue weighted by atomic mass is 9.93. The maximum absolute atomic E-state index is 11.8. The van der Waals surface area contributed by atoms with Crippen LogP contribution in [0.3, 0.4) is 0 Å². The molecule has 0 spiro atoms. The third-order valence-corrected chi connectivity index (χ3v) is 4.01. The molecule has 1 saturated carbocycles. The summed E-state index contributed by atoms with van der Waals surface area (Å²) in [5, 5.41) is 15.3. The van der Waals surface area contributed by atoms with Crippen LogP contribution in [0.15, 0.2) is 18.2 Å². The first kappa shape index (κ1) is 15.8. The highest BCUT2D eigenvalue weighted by Gasteiger charge is 2.20. The maximum atomic E-state index is 11.8. The molecule has 1 aromatic rings. The number of urea groups is 1. The minimum atomic E-state index is -0.185. The Balaban J connectivity index is 1.69. The first-order valence-corrected chi connectivity index (χ1v) is 7.82. The van der Waals surface area contributed by atoms with Crippen molar-refractivity contribution in [3.05, 3.63) is 34.9 Å². The highest BCUT2D eigenvalue weighted by Crippen LogP contribution is 2.18. The van der Waals surface area contributed by atoms with Gasteiger partial charge in [-0.3, -0.25) is 0 Å². The normalized spacial score (nSPS) is 21.9. The molecule has 0 aliphatic heterocycles. The quantitative estimate of drug-likeness (QED) is 0.797. The smallest absolute Gasteiger partial charge is 0.315 e. The molecule has 21 heavy (non-hydrogen) atoms. The summed E-state index contributed by atoms with van der Waals surface area (Å²) in [4.78, 5) is 11.8. The van der Waals surface area contributed by atoms with Crippen molar-refractivity contribution in [2.75, 3.05) is 6.54 Å². The number of amides is 2. The maximum Gasteiger partial charge on any atom is 0.315 e. The van der Waals surface area contributed by atoms with Gasteiger partial charge in [-0.05, 0) is 51.5 Å². The van der Waals surface area contributed by atoms with Crippen molar-refractivity contribution in [2.45, 2.75) is 58.1 Å². The summed E-state index contributed by atoms with van der Waals surface area (Å²) >= 11 is 0. The largest absolute Gasteiger partial charge is 0.393 e. The van der Waals surface area contributed by atoms with Gasteiger partial charge in [0, 0.05) is 12.6 Å². The van der Waals surface area contributed by atoms with Gasteiger partial charge in [0.2, 0.25) is 0 Å².